The van der Waals surface area contributed by atoms with E-state index in [1.807, 2.05) is 29.0 Å². The molecule has 3 aromatic heterocycles. The summed E-state index contributed by atoms with van der Waals surface area (Å²) in [7, 11) is 1.65. The molecule has 1 aliphatic rings. The number of aromatic amines is 1. The van der Waals surface area contributed by atoms with Crippen molar-refractivity contribution in [3.05, 3.63) is 90.3 Å². The SMILES string of the molecule is CNC(=O)N1CC=C(c2cc3c(-c4ccc5ncn(Cc6cccc(F)c6)c5c4)ccnc3[nH]2)CC1. The molecule has 4 heterocycles. The zero-order chi connectivity index (χ0) is 24.6. The normalized spacial score (nSPS) is 13.8. The van der Waals surface area contributed by atoms with Gasteiger partial charge in [-0.25, -0.2) is 19.2 Å². The van der Waals surface area contributed by atoms with Gasteiger partial charge in [-0.2, -0.15) is 0 Å². The molecule has 0 saturated carbocycles. The molecule has 2 amide bonds. The molecular formula is C28H25FN6O. The highest BCUT2D eigenvalue weighted by molar-refractivity contribution is 5.97. The maximum absolute atomic E-state index is 13.7. The Morgan fingerprint density at radius 1 is 1.14 bits per heavy atom. The topological polar surface area (TPSA) is 78.8 Å². The molecule has 180 valence electrons. The van der Waals surface area contributed by atoms with Gasteiger partial charge in [-0.15, -0.1) is 0 Å². The first kappa shape index (κ1) is 22.0. The summed E-state index contributed by atoms with van der Waals surface area (Å²) in [5, 5.41) is 3.72. The highest BCUT2D eigenvalue weighted by atomic mass is 19.1. The molecule has 0 saturated heterocycles. The van der Waals surface area contributed by atoms with Gasteiger partial charge in [0.25, 0.3) is 0 Å². The molecule has 0 fully saturated rings. The molecule has 0 aliphatic carbocycles. The van der Waals surface area contributed by atoms with Crippen LogP contribution in [-0.2, 0) is 6.54 Å². The Labute approximate surface area is 207 Å². The number of H-pyrrole nitrogens is 1. The summed E-state index contributed by atoms with van der Waals surface area (Å²) in [6.07, 6.45) is 6.49. The highest BCUT2D eigenvalue weighted by Gasteiger charge is 2.19. The molecule has 0 unspecified atom stereocenters. The van der Waals surface area contributed by atoms with Crippen molar-refractivity contribution < 1.29 is 9.18 Å². The largest absolute Gasteiger partial charge is 0.341 e. The standard InChI is InChI=1S/C28H25FN6O/c1-30-28(36)34-11-8-19(9-12-34)25-15-23-22(7-10-31-27(23)33-25)20-5-6-24-26(14-20)35(17-32-24)16-18-3-2-4-21(29)13-18/h2-8,10,13-15,17H,9,11-12,16H2,1H3,(H,30,36)(H,31,33). The molecule has 7 nitrogen and oxygen atoms in total. The summed E-state index contributed by atoms with van der Waals surface area (Å²) in [6, 6.07) is 17.0. The summed E-state index contributed by atoms with van der Waals surface area (Å²) in [6.45, 7) is 1.79. The first-order chi connectivity index (χ1) is 17.6. The number of aromatic nitrogens is 4. The van der Waals surface area contributed by atoms with Crippen molar-refractivity contribution in [2.45, 2.75) is 13.0 Å². The fourth-order valence-corrected chi connectivity index (χ4v) is 4.89. The van der Waals surface area contributed by atoms with Gasteiger partial charge in [-0.3, -0.25) is 0 Å². The number of hydrogen-bond acceptors (Lipinski definition) is 3. The van der Waals surface area contributed by atoms with Crippen molar-refractivity contribution in [1.82, 2.24) is 29.7 Å². The number of amides is 2. The third-order valence-corrected chi connectivity index (χ3v) is 6.76. The van der Waals surface area contributed by atoms with Crippen molar-refractivity contribution in [2.75, 3.05) is 20.1 Å². The van der Waals surface area contributed by atoms with Crippen LogP contribution >= 0.6 is 0 Å². The van der Waals surface area contributed by atoms with E-state index >= 15 is 0 Å². The van der Waals surface area contributed by atoms with Crippen LogP contribution in [0.15, 0.2) is 73.2 Å². The van der Waals surface area contributed by atoms with E-state index in [-0.39, 0.29) is 11.8 Å². The van der Waals surface area contributed by atoms with E-state index in [1.54, 1.807) is 30.4 Å². The Hall–Kier alpha value is -4.46. The van der Waals surface area contributed by atoms with Crippen LogP contribution in [0.1, 0.15) is 17.7 Å². The molecule has 36 heavy (non-hydrogen) atoms. The number of carbonyl (C=O) groups is 1. The Balaban J connectivity index is 1.35. The van der Waals surface area contributed by atoms with Crippen molar-refractivity contribution in [3.8, 4) is 11.1 Å². The zero-order valence-electron chi connectivity index (χ0n) is 19.8. The molecule has 2 N–H and O–H groups in total. The third kappa shape index (κ3) is 4.00. The molecule has 0 atom stereocenters. The summed E-state index contributed by atoms with van der Waals surface area (Å²) in [5.74, 6) is -0.241. The van der Waals surface area contributed by atoms with Gasteiger partial charge in [0.15, 0.2) is 0 Å². The number of rotatable bonds is 4. The lowest BCUT2D eigenvalue weighted by molar-refractivity contribution is 0.205. The second-order valence-electron chi connectivity index (χ2n) is 8.99. The molecule has 0 radical (unpaired) electrons. The van der Waals surface area contributed by atoms with Crippen molar-refractivity contribution in [2.24, 2.45) is 0 Å². The van der Waals surface area contributed by atoms with Gasteiger partial charge in [0.2, 0.25) is 0 Å². The van der Waals surface area contributed by atoms with Gasteiger partial charge in [0.05, 0.1) is 17.4 Å². The number of pyridine rings is 1. The summed E-state index contributed by atoms with van der Waals surface area (Å²) in [5.41, 5.74) is 7.94. The van der Waals surface area contributed by atoms with Crippen LogP contribution in [0.5, 0.6) is 0 Å². The lowest BCUT2D eigenvalue weighted by Crippen LogP contribution is -2.40. The third-order valence-electron chi connectivity index (χ3n) is 6.76. The van der Waals surface area contributed by atoms with Gasteiger partial charge < -0.3 is 19.8 Å². The van der Waals surface area contributed by atoms with Gasteiger partial charge in [-0.05, 0) is 65.1 Å². The van der Waals surface area contributed by atoms with E-state index in [4.69, 9.17) is 0 Å². The minimum atomic E-state index is -0.241. The van der Waals surface area contributed by atoms with E-state index in [1.165, 1.54) is 11.6 Å². The first-order valence-electron chi connectivity index (χ1n) is 11.9. The minimum Gasteiger partial charge on any atom is -0.341 e. The van der Waals surface area contributed by atoms with Crippen molar-refractivity contribution >= 4 is 33.7 Å². The average Bonchev–Trinajstić information content (AvgIpc) is 3.52. The van der Waals surface area contributed by atoms with Crippen LogP contribution < -0.4 is 5.32 Å². The number of benzene rings is 2. The second-order valence-corrected chi connectivity index (χ2v) is 8.99. The number of hydrogen-bond donors (Lipinski definition) is 2. The fraction of sp³-hybridized carbons (Fsp3) is 0.179. The van der Waals surface area contributed by atoms with E-state index in [9.17, 15) is 9.18 Å². The lowest BCUT2D eigenvalue weighted by Gasteiger charge is -2.25. The Morgan fingerprint density at radius 2 is 2.06 bits per heavy atom. The molecule has 8 heteroatoms. The Kier molecular flexibility index (Phi) is 5.48. The predicted molar refractivity (Wildman–Crippen MR) is 139 cm³/mol. The quantitative estimate of drug-likeness (QED) is 0.371. The Bertz CT molecular complexity index is 1630. The molecule has 6 rings (SSSR count). The van der Waals surface area contributed by atoms with Crippen LogP contribution in [0, 0.1) is 5.82 Å². The van der Waals surface area contributed by atoms with Crippen molar-refractivity contribution in [1.29, 1.82) is 0 Å². The zero-order valence-corrected chi connectivity index (χ0v) is 19.8. The Morgan fingerprint density at radius 3 is 2.86 bits per heavy atom. The van der Waals surface area contributed by atoms with Gasteiger partial charge in [0, 0.05) is 44.0 Å². The molecule has 0 spiro atoms. The first-order valence-corrected chi connectivity index (χ1v) is 11.9. The van der Waals surface area contributed by atoms with E-state index in [0.29, 0.717) is 19.6 Å². The number of nitrogens with zero attached hydrogens (tertiary/aromatic N) is 4. The minimum absolute atomic E-state index is 0.0575. The van der Waals surface area contributed by atoms with Crippen molar-refractivity contribution in [3.63, 3.8) is 0 Å². The van der Waals surface area contributed by atoms with Crippen LogP contribution in [0.4, 0.5) is 9.18 Å². The summed E-state index contributed by atoms with van der Waals surface area (Å²) in [4.78, 5) is 26.3. The second kappa shape index (κ2) is 8.96. The predicted octanol–water partition coefficient (Wildman–Crippen LogP) is 5.20. The number of carbonyl (C=O) groups excluding carboxylic acids is 1. The van der Waals surface area contributed by atoms with E-state index < -0.39 is 0 Å². The van der Waals surface area contributed by atoms with E-state index in [0.717, 1.165) is 50.9 Å². The number of fused-ring (bicyclic) bond motifs is 2. The van der Waals surface area contributed by atoms with E-state index in [2.05, 4.69) is 44.5 Å². The fourth-order valence-electron chi connectivity index (χ4n) is 4.89. The molecule has 2 aromatic carbocycles. The highest BCUT2D eigenvalue weighted by Crippen LogP contribution is 2.33. The molecule has 5 aromatic rings. The monoisotopic (exact) mass is 480 g/mol. The summed E-state index contributed by atoms with van der Waals surface area (Å²) >= 11 is 0. The number of nitrogens with one attached hydrogen (secondary N) is 2. The maximum Gasteiger partial charge on any atom is 0.317 e. The molecule has 1 aliphatic heterocycles. The maximum atomic E-state index is 13.7. The number of halogens is 1. The van der Waals surface area contributed by atoms with Crippen LogP contribution in [0.3, 0.4) is 0 Å². The van der Waals surface area contributed by atoms with Gasteiger partial charge >= 0.3 is 6.03 Å². The molecule has 0 bridgehead atoms. The van der Waals surface area contributed by atoms with Gasteiger partial charge in [0.1, 0.15) is 11.5 Å². The lowest BCUT2D eigenvalue weighted by atomic mass is 10.0. The summed E-state index contributed by atoms with van der Waals surface area (Å²) < 4.78 is 15.7. The number of urea groups is 1. The average molecular weight is 481 g/mol. The van der Waals surface area contributed by atoms with Gasteiger partial charge in [-0.1, -0.05) is 24.3 Å². The molecular weight excluding hydrogens is 455 g/mol. The smallest absolute Gasteiger partial charge is 0.317 e. The van der Waals surface area contributed by atoms with Crippen LogP contribution in [0.2, 0.25) is 0 Å². The van der Waals surface area contributed by atoms with Crippen LogP contribution in [-0.4, -0.2) is 50.6 Å². The van der Waals surface area contributed by atoms with Crippen LogP contribution in [0.25, 0.3) is 38.8 Å². The number of imidazole rings is 1.